The summed E-state index contributed by atoms with van der Waals surface area (Å²) in [5.41, 5.74) is 3.81. The van der Waals surface area contributed by atoms with Crippen molar-refractivity contribution < 1.29 is 14.0 Å². The number of benzene rings is 3. The van der Waals surface area contributed by atoms with Crippen molar-refractivity contribution in [2.24, 2.45) is 0 Å². The lowest BCUT2D eigenvalue weighted by Crippen LogP contribution is -2.23. The van der Waals surface area contributed by atoms with Crippen LogP contribution >= 0.6 is 0 Å². The molecule has 0 spiro atoms. The van der Waals surface area contributed by atoms with Gasteiger partial charge in [0.15, 0.2) is 5.69 Å². The first kappa shape index (κ1) is 21.0. The Balaban J connectivity index is 1.39. The highest BCUT2D eigenvalue weighted by Crippen LogP contribution is 2.14. The Morgan fingerprint density at radius 2 is 1.66 bits per heavy atom. The van der Waals surface area contributed by atoms with Crippen molar-refractivity contribution in [2.45, 2.75) is 13.5 Å². The standard InChI is InChI=1S/C25H21FN4O2/c1-17-14-23(29-30(17)22-8-3-2-4-9-22)25(32)27-16-18-6-5-7-21(15-18)28-24(31)19-10-12-20(26)13-11-19/h2-15H,16H2,1H3,(H,27,32)(H,28,31). The van der Waals surface area contributed by atoms with Crippen molar-refractivity contribution in [1.29, 1.82) is 0 Å². The van der Waals surface area contributed by atoms with Gasteiger partial charge in [-0.25, -0.2) is 9.07 Å². The fourth-order valence-corrected chi connectivity index (χ4v) is 3.25. The molecule has 6 nitrogen and oxygen atoms in total. The van der Waals surface area contributed by atoms with Gasteiger partial charge in [-0.05, 0) is 67.1 Å². The molecule has 3 aromatic carbocycles. The second-order valence-electron chi connectivity index (χ2n) is 7.26. The van der Waals surface area contributed by atoms with E-state index in [-0.39, 0.29) is 18.4 Å². The van der Waals surface area contributed by atoms with Crippen molar-refractivity contribution in [3.05, 3.63) is 113 Å². The minimum absolute atomic E-state index is 0.274. The van der Waals surface area contributed by atoms with E-state index >= 15 is 0 Å². The molecule has 2 amide bonds. The van der Waals surface area contributed by atoms with E-state index in [1.165, 1.54) is 24.3 Å². The van der Waals surface area contributed by atoms with Crippen LogP contribution in [-0.4, -0.2) is 21.6 Å². The van der Waals surface area contributed by atoms with E-state index in [0.717, 1.165) is 16.9 Å². The summed E-state index contributed by atoms with van der Waals surface area (Å²) in [5, 5.41) is 10.0. The Labute approximate surface area is 184 Å². The van der Waals surface area contributed by atoms with Gasteiger partial charge in [0, 0.05) is 23.5 Å². The average molecular weight is 428 g/mol. The summed E-state index contributed by atoms with van der Waals surface area (Å²) in [6.07, 6.45) is 0. The van der Waals surface area contributed by atoms with Crippen LogP contribution in [0.4, 0.5) is 10.1 Å². The Morgan fingerprint density at radius 1 is 0.906 bits per heavy atom. The first-order valence-corrected chi connectivity index (χ1v) is 10.1. The molecule has 0 aliphatic heterocycles. The van der Waals surface area contributed by atoms with Gasteiger partial charge in [0.25, 0.3) is 11.8 Å². The van der Waals surface area contributed by atoms with Gasteiger partial charge in [0.2, 0.25) is 0 Å². The summed E-state index contributed by atoms with van der Waals surface area (Å²) in [5.74, 6) is -1.03. The second-order valence-corrected chi connectivity index (χ2v) is 7.26. The summed E-state index contributed by atoms with van der Waals surface area (Å²) in [4.78, 5) is 24.9. The molecule has 2 N–H and O–H groups in total. The van der Waals surface area contributed by atoms with Crippen LogP contribution in [0.15, 0.2) is 84.9 Å². The van der Waals surface area contributed by atoms with E-state index in [9.17, 15) is 14.0 Å². The Hall–Kier alpha value is -4.26. The van der Waals surface area contributed by atoms with Crippen LogP contribution in [0.1, 0.15) is 32.1 Å². The van der Waals surface area contributed by atoms with Crippen LogP contribution in [0.3, 0.4) is 0 Å². The molecule has 4 rings (SSSR count). The molecular formula is C25H21FN4O2. The smallest absolute Gasteiger partial charge is 0.272 e. The fraction of sp³-hybridized carbons (Fsp3) is 0.0800. The zero-order valence-corrected chi connectivity index (χ0v) is 17.4. The number of amides is 2. The highest BCUT2D eigenvalue weighted by molar-refractivity contribution is 6.04. The molecule has 0 aliphatic carbocycles. The molecule has 4 aromatic rings. The quantitative estimate of drug-likeness (QED) is 0.475. The van der Waals surface area contributed by atoms with Crippen LogP contribution < -0.4 is 10.6 Å². The first-order valence-electron chi connectivity index (χ1n) is 10.1. The third-order valence-corrected chi connectivity index (χ3v) is 4.87. The summed E-state index contributed by atoms with van der Waals surface area (Å²) in [7, 11) is 0. The minimum atomic E-state index is -0.400. The van der Waals surface area contributed by atoms with E-state index in [2.05, 4.69) is 15.7 Å². The van der Waals surface area contributed by atoms with Crippen LogP contribution in [0, 0.1) is 12.7 Å². The zero-order valence-electron chi connectivity index (χ0n) is 17.4. The predicted octanol–water partition coefficient (Wildman–Crippen LogP) is 4.50. The normalized spacial score (nSPS) is 10.6. The maximum absolute atomic E-state index is 13.0. The number of halogens is 1. The number of para-hydroxylation sites is 1. The molecule has 0 fully saturated rings. The number of carbonyl (C=O) groups is 2. The molecule has 0 unspecified atom stereocenters. The van der Waals surface area contributed by atoms with Gasteiger partial charge < -0.3 is 10.6 Å². The zero-order chi connectivity index (χ0) is 22.5. The van der Waals surface area contributed by atoms with Gasteiger partial charge in [-0.15, -0.1) is 0 Å². The number of nitrogens with one attached hydrogen (secondary N) is 2. The summed E-state index contributed by atoms with van der Waals surface area (Å²) >= 11 is 0. The average Bonchev–Trinajstić information content (AvgIpc) is 3.20. The third kappa shape index (κ3) is 4.89. The fourth-order valence-electron chi connectivity index (χ4n) is 3.25. The molecule has 0 atom stereocenters. The van der Waals surface area contributed by atoms with Gasteiger partial charge in [0.1, 0.15) is 5.82 Å². The number of hydrogen-bond donors (Lipinski definition) is 2. The lowest BCUT2D eigenvalue weighted by Gasteiger charge is -2.08. The monoisotopic (exact) mass is 428 g/mol. The van der Waals surface area contributed by atoms with Crippen molar-refractivity contribution in [1.82, 2.24) is 15.1 Å². The summed E-state index contributed by atoms with van der Waals surface area (Å²) in [6.45, 7) is 2.17. The van der Waals surface area contributed by atoms with Crippen LogP contribution in [0.25, 0.3) is 5.69 Å². The molecule has 0 saturated heterocycles. The number of nitrogens with zero attached hydrogens (tertiary/aromatic N) is 2. The lowest BCUT2D eigenvalue weighted by atomic mass is 10.1. The minimum Gasteiger partial charge on any atom is -0.347 e. The van der Waals surface area contributed by atoms with Gasteiger partial charge in [-0.1, -0.05) is 30.3 Å². The lowest BCUT2D eigenvalue weighted by molar-refractivity contribution is 0.0944. The van der Waals surface area contributed by atoms with Gasteiger partial charge in [0.05, 0.1) is 5.69 Å². The van der Waals surface area contributed by atoms with Gasteiger partial charge in [-0.3, -0.25) is 9.59 Å². The van der Waals surface area contributed by atoms with E-state index in [0.29, 0.717) is 16.9 Å². The molecule has 1 aromatic heterocycles. The largest absolute Gasteiger partial charge is 0.347 e. The van der Waals surface area contributed by atoms with Crippen LogP contribution in [0.2, 0.25) is 0 Å². The molecule has 0 bridgehead atoms. The highest BCUT2D eigenvalue weighted by atomic mass is 19.1. The number of carbonyl (C=O) groups excluding carboxylic acids is 2. The highest BCUT2D eigenvalue weighted by Gasteiger charge is 2.13. The van der Waals surface area contributed by atoms with E-state index in [4.69, 9.17) is 0 Å². The Morgan fingerprint density at radius 3 is 2.41 bits per heavy atom. The molecule has 1 heterocycles. The SMILES string of the molecule is Cc1cc(C(=O)NCc2cccc(NC(=O)c3ccc(F)cc3)c2)nn1-c1ccccc1. The second kappa shape index (κ2) is 9.26. The molecular weight excluding hydrogens is 407 g/mol. The van der Waals surface area contributed by atoms with Gasteiger partial charge >= 0.3 is 0 Å². The number of aromatic nitrogens is 2. The van der Waals surface area contributed by atoms with Crippen LogP contribution in [0.5, 0.6) is 0 Å². The maximum atomic E-state index is 13.0. The molecule has 0 aliphatic rings. The van der Waals surface area contributed by atoms with Crippen molar-refractivity contribution in [3.63, 3.8) is 0 Å². The van der Waals surface area contributed by atoms with Crippen LogP contribution in [-0.2, 0) is 6.54 Å². The predicted molar refractivity (Wildman–Crippen MR) is 120 cm³/mol. The number of hydrogen-bond acceptors (Lipinski definition) is 3. The molecule has 0 radical (unpaired) electrons. The van der Waals surface area contributed by atoms with E-state index < -0.39 is 5.82 Å². The summed E-state index contributed by atoms with van der Waals surface area (Å²) < 4.78 is 14.8. The molecule has 32 heavy (non-hydrogen) atoms. The number of rotatable bonds is 6. The van der Waals surface area contributed by atoms with E-state index in [1.807, 2.05) is 43.3 Å². The summed E-state index contributed by atoms with van der Waals surface area (Å²) in [6, 6.07) is 23.8. The van der Waals surface area contributed by atoms with Crippen molar-refractivity contribution >= 4 is 17.5 Å². The van der Waals surface area contributed by atoms with Gasteiger partial charge in [-0.2, -0.15) is 5.10 Å². The topological polar surface area (TPSA) is 76.0 Å². The van der Waals surface area contributed by atoms with Crippen molar-refractivity contribution in [3.8, 4) is 5.69 Å². The third-order valence-electron chi connectivity index (χ3n) is 4.87. The van der Waals surface area contributed by atoms with E-state index in [1.54, 1.807) is 28.9 Å². The first-order chi connectivity index (χ1) is 15.5. The Kier molecular flexibility index (Phi) is 6.07. The molecule has 160 valence electrons. The molecule has 0 saturated carbocycles. The number of aryl methyl sites for hydroxylation is 1. The number of anilines is 1. The maximum Gasteiger partial charge on any atom is 0.272 e. The van der Waals surface area contributed by atoms with Crippen molar-refractivity contribution in [2.75, 3.05) is 5.32 Å². The Bertz CT molecular complexity index is 1250. The molecule has 7 heteroatoms.